The highest BCUT2D eigenvalue weighted by molar-refractivity contribution is 5.77. The summed E-state index contributed by atoms with van der Waals surface area (Å²) in [7, 11) is 0. The van der Waals surface area contributed by atoms with Gasteiger partial charge in [0.1, 0.15) is 5.75 Å². The maximum atomic E-state index is 12.0. The molecule has 0 radical (unpaired) electrons. The lowest BCUT2D eigenvalue weighted by molar-refractivity contribution is -0.123. The number of carbonyl (C=O) groups is 1. The number of hydrogen-bond donors (Lipinski definition) is 1. The number of hydrogen-bond acceptors (Lipinski definition) is 3. The molecule has 1 heterocycles. The summed E-state index contributed by atoms with van der Waals surface area (Å²) in [6.07, 6.45) is 1.90. The van der Waals surface area contributed by atoms with Crippen LogP contribution in [0.3, 0.4) is 0 Å². The molecule has 1 N–H and O–H groups in total. The summed E-state index contributed by atoms with van der Waals surface area (Å²) in [6, 6.07) is 25.1. The van der Waals surface area contributed by atoms with Gasteiger partial charge in [0.15, 0.2) is 6.61 Å². The van der Waals surface area contributed by atoms with E-state index in [4.69, 9.17) is 4.74 Å². The largest absolute Gasteiger partial charge is 0.484 e. The van der Waals surface area contributed by atoms with Gasteiger partial charge in [-0.2, -0.15) is 0 Å². The van der Waals surface area contributed by atoms with Crippen LogP contribution in [-0.2, 0) is 24.2 Å². The van der Waals surface area contributed by atoms with Crippen LogP contribution in [0, 0.1) is 6.92 Å². The molecular weight excluding hydrogens is 372 g/mol. The number of aryl methyl sites for hydroxylation is 1. The van der Waals surface area contributed by atoms with Gasteiger partial charge in [-0.05, 0) is 60.7 Å². The molecule has 30 heavy (non-hydrogen) atoms. The Morgan fingerprint density at radius 3 is 2.47 bits per heavy atom. The predicted octanol–water partition coefficient (Wildman–Crippen LogP) is 4.30. The smallest absolute Gasteiger partial charge is 0.257 e. The number of benzene rings is 3. The molecule has 0 aliphatic carbocycles. The first-order chi connectivity index (χ1) is 14.7. The fourth-order valence-corrected chi connectivity index (χ4v) is 3.77. The molecule has 0 unspecified atom stereocenters. The molecule has 3 aromatic carbocycles. The van der Waals surface area contributed by atoms with Crippen LogP contribution < -0.4 is 15.0 Å². The van der Waals surface area contributed by atoms with E-state index in [-0.39, 0.29) is 12.5 Å². The molecule has 0 fully saturated rings. The predicted molar refractivity (Wildman–Crippen MR) is 121 cm³/mol. The van der Waals surface area contributed by atoms with E-state index in [0.717, 1.165) is 25.9 Å². The van der Waals surface area contributed by atoms with Crippen molar-refractivity contribution < 1.29 is 9.53 Å². The molecule has 0 atom stereocenters. The van der Waals surface area contributed by atoms with Crippen molar-refractivity contribution in [1.29, 1.82) is 0 Å². The van der Waals surface area contributed by atoms with Crippen molar-refractivity contribution in [2.45, 2.75) is 26.3 Å². The van der Waals surface area contributed by atoms with Crippen molar-refractivity contribution in [3.05, 3.63) is 95.1 Å². The van der Waals surface area contributed by atoms with Crippen LogP contribution in [-0.4, -0.2) is 25.6 Å². The van der Waals surface area contributed by atoms with Gasteiger partial charge in [-0.25, -0.2) is 0 Å². The van der Waals surface area contributed by atoms with Crippen LogP contribution >= 0.6 is 0 Å². The monoisotopic (exact) mass is 400 g/mol. The minimum Gasteiger partial charge on any atom is -0.484 e. The summed E-state index contributed by atoms with van der Waals surface area (Å²) >= 11 is 0. The molecule has 0 bridgehead atoms. The van der Waals surface area contributed by atoms with E-state index in [2.05, 4.69) is 58.7 Å². The maximum Gasteiger partial charge on any atom is 0.257 e. The zero-order valence-corrected chi connectivity index (χ0v) is 17.4. The van der Waals surface area contributed by atoms with Crippen LogP contribution in [0.1, 0.15) is 22.3 Å². The lowest BCUT2D eigenvalue weighted by Gasteiger charge is -2.30. The zero-order chi connectivity index (χ0) is 20.8. The summed E-state index contributed by atoms with van der Waals surface area (Å²) in [5.74, 6) is 0.617. The first-order valence-corrected chi connectivity index (χ1v) is 10.5. The number of nitrogens with one attached hydrogen (secondary N) is 1. The third kappa shape index (κ3) is 5.20. The van der Waals surface area contributed by atoms with Crippen molar-refractivity contribution in [2.24, 2.45) is 0 Å². The van der Waals surface area contributed by atoms with Crippen LogP contribution in [0.25, 0.3) is 0 Å². The lowest BCUT2D eigenvalue weighted by Crippen LogP contribution is -2.31. The standard InChI is InChI=1S/C26H28N2O2/c1-20-6-12-25(13-7-20)30-19-26(29)27-16-14-21-8-10-24(11-9-21)28-17-15-22-4-2-3-5-23(22)18-28/h2-13H,14-19H2,1H3,(H,27,29). The molecule has 1 aliphatic rings. The SMILES string of the molecule is Cc1ccc(OCC(=O)NCCc2ccc(N3CCc4ccccc4C3)cc2)cc1. The maximum absolute atomic E-state index is 12.0. The number of ether oxygens (including phenoxy) is 1. The Morgan fingerprint density at radius 2 is 1.70 bits per heavy atom. The summed E-state index contributed by atoms with van der Waals surface area (Å²) in [6.45, 7) is 4.68. The van der Waals surface area contributed by atoms with E-state index >= 15 is 0 Å². The van der Waals surface area contributed by atoms with Gasteiger partial charge in [-0.15, -0.1) is 0 Å². The number of carbonyl (C=O) groups excluding carboxylic acids is 1. The Morgan fingerprint density at radius 1 is 0.967 bits per heavy atom. The van der Waals surface area contributed by atoms with Gasteiger partial charge in [0, 0.05) is 25.3 Å². The van der Waals surface area contributed by atoms with Crippen LogP contribution in [0.4, 0.5) is 5.69 Å². The van der Waals surface area contributed by atoms with E-state index in [1.165, 1.54) is 27.9 Å². The molecule has 0 saturated carbocycles. The van der Waals surface area contributed by atoms with E-state index in [9.17, 15) is 4.79 Å². The Labute approximate surface area is 178 Å². The molecular formula is C26H28N2O2. The van der Waals surface area contributed by atoms with Gasteiger partial charge < -0.3 is 15.0 Å². The molecule has 154 valence electrons. The Balaban J connectivity index is 1.21. The van der Waals surface area contributed by atoms with E-state index in [1.807, 2.05) is 31.2 Å². The van der Waals surface area contributed by atoms with E-state index in [0.29, 0.717) is 12.3 Å². The van der Waals surface area contributed by atoms with Crippen molar-refractivity contribution in [1.82, 2.24) is 5.32 Å². The summed E-state index contributed by atoms with van der Waals surface area (Å²) in [4.78, 5) is 14.4. The fraction of sp³-hybridized carbons (Fsp3) is 0.269. The second kappa shape index (κ2) is 9.49. The first-order valence-electron chi connectivity index (χ1n) is 10.5. The number of anilines is 1. The quantitative estimate of drug-likeness (QED) is 0.643. The third-order valence-corrected chi connectivity index (χ3v) is 5.56. The van der Waals surface area contributed by atoms with Crippen molar-refractivity contribution in [3.63, 3.8) is 0 Å². The molecule has 4 rings (SSSR count). The first kappa shape index (κ1) is 20.0. The number of nitrogens with zero attached hydrogens (tertiary/aromatic N) is 1. The third-order valence-electron chi connectivity index (χ3n) is 5.56. The molecule has 0 spiro atoms. The van der Waals surface area contributed by atoms with Gasteiger partial charge in [0.25, 0.3) is 5.91 Å². The highest BCUT2D eigenvalue weighted by Crippen LogP contribution is 2.24. The van der Waals surface area contributed by atoms with Crippen molar-refractivity contribution >= 4 is 11.6 Å². The van der Waals surface area contributed by atoms with Crippen LogP contribution in [0.15, 0.2) is 72.8 Å². The second-order valence-corrected chi connectivity index (χ2v) is 7.81. The summed E-state index contributed by atoms with van der Waals surface area (Å²) < 4.78 is 5.52. The average molecular weight is 401 g/mol. The molecule has 0 saturated heterocycles. The van der Waals surface area contributed by atoms with Gasteiger partial charge in [-0.3, -0.25) is 4.79 Å². The Bertz CT molecular complexity index is 981. The lowest BCUT2D eigenvalue weighted by atomic mass is 9.99. The molecule has 3 aromatic rings. The van der Waals surface area contributed by atoms with E-state index < -0.39 is 0 Å². The molecule has 1 aliphatic heterocycles. The van der Waals surface area contributed by atoms with Gasteiger partial charge in [0.05, 0.1) is 0 Å². The molecule has 0 aromatic heterocycles. The van der Waals surface area contributed by atoms with Gasteiger partial charge >= 0.3 is 0 Å². The van der Waals surface area contributed by atoms with Crippen molar-refractivity contribution in [2.75, 3.05) is 24.6 Å². The molecule has 4 heteroatoms. The van der Waals surface area contributed by atoms with Crippen LogP contribution in [0.2, 0.25) is 0 Å². The Hall–Kier alpha value is -3.27. The summed E-state index contributed by atoms with van der Waals surface area (Å²) in [5, 5.41) is 2.93. The summed E-state index contributed by atoms with van der Waals surface area (Å²) in [5.41, 5.74) is 6.53. The topological polar surface area (TPSA) is 41.6 Å². The fourth-order valence-electron chi connectivity index (χ4n) is 3.77. The van der Waals surface area contributed by atoms with Crippen LogP contribution in [0.5, 0.6) is 5.75 Å². The average Bonchev–Trinajstić information content (AvgIpc) is 2.79. The van der Waals surface area contributed by atoms with E-state index in [1.54, 1.807) is 0 Å². The number of fused-ring (bicyclic) bond motifs is 1. The molecule has 1 amide bonds. The normalized spacial score (nSPS) is 12.9. The van der Waals surface area contributed by atoms with Gasteiger partial charge in [-0.1, -0.05) is 54.1 Å². The highest BCUT2D eigenvalue weighted by Gasteiger charge is 2.15. The number of amides is 1. The van der Waals surface area contributed by atoms with Gasteiger partial charge in [0.2, 0.25) is 0 Å². The molecule has 4 nitrogen and oxygen atoms in total. The Kier molecular flexibility index (Phi) is 6.33. The second-order valence-electron chi connectivity index (χ2n) is 7.81. The van der Waals surface area contributed by atoms with Crippen molar-refractivity contribution in [3.8, 4) is 5.75 Å². The number of rotatable bonds is 7. The zero-order valence-electron chi connectivity index (χ0n) is 17.4. The minimum atomic E-state index is -0.0980. The minimum absolute atomic E-state index is 0.0401. The highest BCUT2D eigenvalue weighted by atomic mass is 16.5.